The lowest BCUT2D eigenvalue weighted by molar-refractivity contribution is -0.137. The van der Waals surface area contributed by atoms with Crippen LogP contribution in [0.25, 0.3) is 0 Å². The lowest BCUT2D eigenvalue weighted by Gasteiger charge is -2.18. The van der Waals surface area contributed by atoms with Crippen LogP contribution in [0.5, 0.6) is 0 Å². The first-order chi connectivity index (χ1) is 11.9. The van der Waals surface area contributed by atoms with Gasteiger partial charge in [-0.3, -0.25) is 4.79 Å². The van der Waals surface area contributed by atoms with Crippen LogP contribution >= 0.6 is 11.3 Å². The first kappa shape index (κ1) is 17.7. The summed E-state index contributed by atoms with van der Waals surface area (Å²) in [4.78, 5) is 22.1. The summed E-state index contributed by atoms with van der Waals surface area (Å²) in [5, 5.41) is 4.84. The summed E-state index contributed by atoms with van der Waals surface area (Å²) >= 11 is 1.52. The molecular weight excluding hydrogens is 353 g/mol. The predicted molar refractivity (Wildman–Crippen MR) is 88.4 cm³/mol. The van der Waals surface area contributed by atoms with Crippen molar-refractivity contribution in [2.24, 2.45) is 5.92 Å². The molecule has 0 aliphatic carbocycles. The number of aromatic nitrogens is 2. The summed E-state index contributed by atoms with van der Waals surface area (Å²) < 4.78 is 37.7. The predicted octanol–water partition coefficient (Wildman–Crippen LogP) is 2.74. The van der Waals surface area contributed by atoms with E-state index in [1.807, 2.05) is 10.3 Å². The van der Waals surface area contributed by atoms with Gasteiger partial charge in [0.15, 0.2) is 0 Å². The maximum Gasteiger partial charge on any atom is 0.417 e. The first-order valence-corrected chi connectivity index (χ1v) is 8.81. The van der Waals surface area contributed by atoms with Crippen LogP contribution in [-0.2, 0) is 17.4 Å². The number of amides is 1. The lowest BCUT2D eigenvalue weighted by Crippen LogP contribution is -2.34. The molecule has 0 bridgehead atoms. The van der Waals surface area contributed by atoms with Crippen LogP contribution in [0.15, 0.2) is 29.2 Å². The Kier molecular flexibility index (Phi) is 5.22. The van der Waals surface area contributed by atoms with Gasteiger partial charge in [-0.2, -0.15) is 13.2 Å². The number of carbonyl (C=O) groups is 1. The Hall–Kier alpha value is -2.16. The SMILES string of the molecule is O=C(NCCc1cscn1)C1CCN(c2ccc(C(F)(F)F)cn2)C1. The highest BCUT2D eigenvalue weighted by Gasteiger charge is 2.32. The fraction of sp³-hybridized carbons (Fsp3) is 0.438. The van der Waals surface area contributed by atoms with Gasteiger partial charge in [0, 0.05) is 37.6 Å². The molecule has 0 radical (unpaired) electrons. The third-order valence-electron chi connectivity index (χ3n) is 4.12. The summed E-state index contributed by atoms with van der Waals surface area (Å²) in [6.07, 6.45) is -2.22. The van der Waals surface area contributed by atoms with Gasteiger partial charge < -0.3 is 10.2 Å². The van der Waals surface area contributed by atoms with Crippen molar-refractivity contribution in [1.29, 1.82) is 0 Å². The van der Waals surface area contributed by atoms with Crippen LogP contribution in [-0.4, -0.2) is 35.5 Å². The number of hydrogen-bond donors (Lipinski definition) is 1. The lowest BCUT2D eigenvalue weighted by atomic mass is 10.1. The molecule has 3 rings (SSSR count). The van der Waals surface area contributed by atoms with E-state index in [1.165, 1.54) is 17.4 Å². The molecule has 0 aromatic carbocycles. The Labute approximate surface area is 146 Å². The molecule has 3 heterocycles. The van der Waals surface area contributed by atoms with Gasteiger partial charge in [-0.05, 0) is 18.6 Å². The summed E-state index contributed by atoms with van der Waals surface area (Å²) in [7, 11) is 0. The van der Waals surface area contributed by atoms with E-state index in [-0.39, 0.29) is 11.8 Å². The molecule has 2 aromatic rings. The van der Waals surface area contributed by atoms with E-state index in [0.29, 0.717) is 38.3 Å². The molecule has 2 aromatic heterocycles. The van der Waals surface area contributed by atoms with Gasteiger partial charge in [0.05, 0.1) is 22.7 Å². The topological polar surface area (TPSA) is 58.1 Å². The van der Waals surface area contributed by atoms with E-state index >= 15 is 0 Å². The van der Waals surface area contributed by atoms with E-state index in [1.54, 1.807) is 5.51 Å². The number of nitrogens with zero attached hydrogens (tertiary/aromatic N) is 3. The molecule has 134 valence electrons. The van der Waals surface area contributed by atoms with Gasteiger partial charge in [0.25, 0.3) is 0 Å². The van der Waals surface area contributed by atoms with E-state index in [9.17, 15) is 18.0 Å². The summed E-state index contributed by atoms with van der Waals surface area (Å²) in [5.74, 6) is 0.245. The Bertz CT molecular complexity index is 703. The highest BCUT2D eigenvalue weighted by Crippen LogP contribution is 2.30. The fourth-order valence-corrected chi connectivity index (χ4v) is 3.34. The van der Waals surface area contributed by atoms with Crippen LogP contribution in [0.4, 0.5) is 19.0 Å². The van der Waals surface area contributed by atoms with Crippen LogP contribution in [0.2, 0.25) is 0 Å². The third kappa shape index (κ3) is 4.47. The number of nitrogens with one attached hydrogen (secondary N) is 1. The molecule has 1 fully saturated rings. The van der Waals surface area contributed by atoms with Crippen molar-refractivity contribution in [3.63, 3.8) is 0 Å². The van der Waals surface area contributed by atoms with Crippen molar-refractivity contribution in [2.75, 3.05) is 24.5 Å². The van der Waals surface area contributed by atoms with E-state index < -0.39 is 11.7 Å². The maximum absolute atomic E-state index is 12.6. The average Bonchev–Trinajstić information content (AvgIpc) is 3.26. The summed E-state index contributed by atoms with van der Waals surface area (Å²) in [6.45, 7) is 1.58. The molecule has 1 amide bonds. The van der Waals surface area contributed by atoms with Gasteiger partial charge in [-0.15, -0.1) is 11.3 Å². The van der Waals surface area contributed by atoms with Crippen LogP contribution in [0.3, 0.4) is 0 Å². The van der Waals surface area contributed by atoms with Crippen molar-refractivity contribution >= 4 is 23.1 Å². The standard InChI is InChI=1S/C16H17F3N4OS/c17-16(18,19)12-1-2-14(21-7-12)23-6-4-11(8-23)15(24)20-5-3-13-9-25-10-22-13/h1-2,7,9-11H,3-6,8H2,(H,20,24). The van der Waals surface area contributed by atoms with Crippen molar-refractivity contribution in [3.8, 4) is 0 Å². The molecule has 0 saturated carbocycles. The second-order valence-corrected chi connectivity index (χ2v) is 6.57. The fourth-order valence-electron chi connectivity index (χ4n) is 2.74. The Morgan fingerprint density at radius 1 is 1.36 bits per heavy atom. The number of alkyl halides is 3. The smallest absolute Gasteiger partial charge is 0.356 e. The number of pyridine rings is 1. The second kappa shape index (κ2) is 7.38. The Balaban J connectivity index is 1.50. The number of rotatable bonds is 5. The van der Waals surface area contributed by atoms with Gasteiger partial charge in [0.1, 0.15) is 5.82 Å². The molecular formula is C16H17F3N4OS. The van der Waals surface area contributed by atoms with E-state index in [0.717, 1.165) is 18.0 Å². The first-order valence-electron chi connectivity index (χ1n) is 7.86. The van der Waals surface area contributed by atoms with Crippen molar-refractivity contribution in [2.45, 2.75) is 19.0 Å². The minimum absolute atomic E-state index is 0.0374. The number of hydrogen-bond acceptors (Lipinski definition) is 5. The molecule has 1 aliphatic heterocycles. The van der Waals surface area contributed by atoms with E-state index in [2.05, 4.69) is 15.3 Å². The molecule has 9 heteroatoms. The zero-order valence-electron chi connectivity index (χ0n) is 13.3. The summed E-state index contributed by atoms with van der Waals surface area (Å²) in [6, 6.07) is 2.37. The largest absolute Gasteiger partial charge is 0.417 e. The van der Waals surface area contributed by atoms with Gasteiger partial charge in [-0.25, -0.2) is 9.97 Å². The minimum Gasteiger partial charge on any atom is -0.356 e. The number of carbonyl (C=O) groups excluding carboxylic acids is 1. The van der Waals surface area contributed by atoms with Crippen LogP contribution in [0, 0.1) is 5.92 Å². The number of halogens is 3. The quantitative estimate of drug-likeness (QED) is 0.879. The van der Waals surface area contributed by atoms with Crippen molar-refractivity contribution in [1.82, 2.24) is 15.3 Å². The zero-order chi connectivity index (χ0) is 17.9. The molecule has 1 saturated heterocycles. The maximum atomic E-state index is 12.6. The Morgan fingerprint density at radius 2 is 2.20 bits per heavy atom. The monoisotopic (exact) mass is 370 g/mol. The van der Waals surface area contributed by atoms with Crippen molar-refractivity contribution < 1.29 is 18.0 Å². The normalized spacial score (nSPS) is 17.7. The molecule has 1 N–H and O–H groups in total. The van der Waals surface area contributed by atoms with Crippen molar-refractivity contribution in [3.05, 3.63) is 40.5 Å². The highest BCUT2D eigenvalue weighted by atomic mass is 32.1. The van der Waals surface area contributed by atoms with Crippen LogP contribution < -0.4 is 10.2 Å². The van der Waals surface area contributed by atoms with Gasteiger partial charge >= 0.3 is 6.18 Å². The molecule has 1 unspecified atom stereocenters. The minimum atomic E-state index is -4.39. The number of thiazole rings is 1. The zero-order valence-corrected chi connectivity index (χ0v) is 14.1. The van der Waals surface area contributed by atoms with Crippen LogP contribution in [0.1, 0.15) is 17.7 Å². The molecule has 1 atom stereocenters. The molecule has 1 aliphatic rings. The number of anilines is 1. The second-order valence-electron chi connectivity index (χ2n) is 5.86. The van der Waals surface area contributed by atoms with Gasteiger partial charge in [0.2, 0.25) is 5.91 Å². The molecule has 5 nitrogen and oxygen atoms in total. The highest BCUT2D eigenvalue weighted by molar-refractivity contribution is 7.07. The van der Waals surface area contributed by atoms with E-state index in [4.69, 9.17) is 0 Å². The molecule has 0 spiro atoms. The third-order valence-corrected chi connectivity index (χ3v) is 4.76. The Morgan fingerprint density at radius 3 is 2.84 bits per heavy atom. The average molecular weight is 370 g/mol. The van der Waals surface area contributed by atoms with Gasteiger partial charge in [-0.1, -0.05) is 0 Å². The molecule has 25 heavy (non-hydrogen) atoms. The summed E-state index contributed by atoms with van der Waals surface area (Å²) in [5.41, 5.74) is 1.93.